The van der Waals surface area contributed by atoms with E-state index in [-0.39, 0.29) is 41.7 Å². The zero-order valence-corrected chi connectivity index (χ0v) is 34.3. The number of likely N-dealkylation sites (N-methyl/N-ethyl adjacent to an activating group) is 1. The zero-order chi connectivity index (χ0) is 39.6. The summed E-state index contributed by atoms with van der Waals surface area (Å²) in [6, 6.07) is -1.14. The first-order valence-corrected chi connectivity index (χ1v) is 20.9. The van der Waals surface area contributed by atoms with Crippen LogP contribution >= 0.6 is 0 Å². The fourth-order valence-corrected chi connectivity index (χ4v) is 9.18. The Morgan fingerprint density at radius 2 is 1.52 bits per heavy atom. The molecule has 12 heteroatoms. The van der Waals surface area contributed by atoms with Crippen LogP contribution in [0.25, 0.3) is 0 Å². The molecule has 1 aliphatic carbocycles. The third-order valence-corrected chi connectivity index (χ3v) is 12.8. The van der Waals surface area contributed by atoms with Gasteiger partial charge in [-0.25, -0.2) is 9.78 Å². The summed E-state index contributed by atoms with van der Waals surface area (Å²) >= 11 is 0. The Hall–Kier alpha value is -1.58. The lowest BCUT2D eigenvalue weighted by Gasteiger charge is -2.48. The van der Waals surface area contributed by atoms with Crippen LogP contribution in [0.15, 0.2) is 23.8 Å². The fourth-order valence-electron chi connectivity index (χ4n) is 9.18. The van der Waals surface area contributed by atoms with Gasteiger partial charge in [-0.05, 0) is 123 Å². The number of hydrogen-bond donors (Lipinski definition) is 4. The van der Waals surface area contributed by atoms with Crippen molar-refractivity contribution in [2.75, 3.05) is 53.4 Å². The maximum atomic E-state index is 13.8. The number of carbonyl (C=O) groups is 2. The molecule has 0 amide bonds. The van der Waals surface area contributed by atoms with Crippen LogP contribution < -0.4 is 0 Å². The lowest BCUT2D eigenvalue weighted by atomic mass is 9.78. The van der Waals surface area contributed by atoms with Crippen molar-refractivity contribution < 1.29 is 44.5 Å². The minimum absolute atomic E-state index is 0.00234. The molecule has 0 aromatic carbocycles. The van der Waals surface area contributed by atoms with Gasteiger partial charge in [0.1, 0.15) is 24.1 Å². The number of aliphatic hydroxyl groups is 4. The van der Waals surface area contributed by atoms with E-state index in [1.807, 2.05) is 26.8 Å². The van der Waals surface area contributed by atoms with Gasteiger partial charge in [-0.15, -0.1) is 0 Å². The van der Waals surface area contributed by atoms with Gasteiger partial charge < -0.3 is 35.0 Å². The molecule has 0 unspecified atom stereocenters. The van der Waals surface area contributed by atoms with Crippen molar-refractivity contribution in [2.24, 2.45) is 29.6 Å². The van der Waals surface area contributed by atoms with Gasteiger partial charge in [0.2, 0.25) is 12.1 Å². The van der Waals surface area contributed by atoms with Crippen LogP contribution in [0.5, 0.6) is 0 Å². The van der Waals surface area contributed by atoms with Crippen molar-refractivity contribution in [3.8, 4) is 0 Å². The lowest BCUT2D eigenvalue weighted by Crippen LogP contribution is -2.69. The molecule has 4 rings (SSSR count). The number of carbonyl (C=O) groups excluding carboxylic acids is 2. The highest BCUT2D eigenvalue weighted by Gasteiger charge is 2.55. The number of hydrogen-bond acceptors (Lipinski definition) is 12. The summed E-state index contributed by atoms with van der Waals surface area (Å²) in [5, 5.41) is 44.7. The van der Waals surface area contributed by atoms with E-state index in [9.17, 15) is 30.0 Å². The second kappa shape index (κ2) is 21.3. The number of nitrogens with zero attached hydrogens (tertiary/aromatic N) is 3. The van der Waals surface area contributed by atoms with Gasteiger partial charge >= 0.3 is 0 Å². The van der Waals surface area contributed by atoms with E-state index < -0.39 is 48.5 Å². The standard InChI is InChI=1S/C42H73N3O9/c1-8-32-25-35(46)26-37(48)30(4)39(53-54-41-38(49)40(43(6)7)42(50,51)31(5)52-41)33(17-22-44-18-11-9-12-19-44)24-29(3)36(47)16-15-28(2)23-34(32)27-45-20-13-10-14-21-45/h15-16,23,29-34,37-41,48-51H,8-14,17-22,24-27H2,1-7H3/b16-15-,28-23-/t29-,30+,31-,32-,33+,34-,37-,38-,39-,40-,41+/m1/s1. The maximum Gasteiger partial charge on any atom is 0.219 e. The number of rotatable bonds is 10. The Balaban J connectivity index is 1.65. The predicted octanol–water partition coefficient (Wildman–Crippen LogP) is 4.10. The molecule has 12 nitrogen and oxygen atoms in total. The number of aliphatic hydroxyl groups excluding tert-OH is 2. The van der Waals surface area contributed by atoms with E-state index in [1.54, 1.807) is 20.2 Å². The highest BCUT2D eigenvalue weighted by atomic mass is 17.2. The van der Waals surface area contributed by atoms with Gasteiger partial charge in [-0.2, -0.15) is 0 Å². The third-order valence-electron chi connectivity index (χ3n) is 12.8. The van der Waals surface area contributed by atoms with Crippen molar-refractivity contribution in [3.05, 3.63) is 23.8 Å². The van der Waals surface area contributed by atoms with Crippen molar-refractivity contribution in [1.82, 2.24) is 14.7 Å². The smallest absolute Gasteiger partial charge is 0.219 e. The molecule has 0 aromatic heterocycles. The number of ether oxygens (including phenoxy) is 1. The minimum Gasteiger partial charge on any atom is -0.392 e. The van der Waals surface area contributed by atoms with Crippen molar-refractivity contribution in [1.29, 1.82) is 0 Å². The molecule has 4 aliphatic rings. The van der Waals surface area contributed by atoms with Crippen molar-refractivity contribution in [2.45, 2.75) is 148 Å². The average molecular weight is 764 g/mol. The first-order chi connectivity index (χ1) is 25.6. The van der Waals surface area contributed by atoms with Crippen LogP contribution in [-0.2, 0) is 24.1 Å². The van der Waals surface area contributed by atoms with Crippen LogP contribution in [0, 0.1) is 29.6 Å². The molecule has 3 heterocycles. The second-order valence-electron chi connectivity index (χ2n) is 17.3. The normalized spacial score (nSPS) is 39.0. The largest absolute Gasteiger partial charge is 0.392 e. The summed E-state index contributed by atoms with van der Waals surface area (Å²) in [4.78, 5) is 46.2. The molecule has 54 heavy (non-hydrogen) atoms. The van der Waals surface area contributed by atoms with Crippen LogP contribution in [-0.4, -0.2) is 143 Å². The molecule has 4 N–H and O–H groups in total. The first kappa shape index (κ1) is 45.1. The molecule has 3 saturated heterocycles. The monoisotopic (exact) mass is 764 g/mol. The zero-order valence-electron chi connectivity index (χ0n) is 34.3. The van der Waals surface area contributed by atoms with Crippen molar-refractivity contribution in [3.63, 3.8) is 0 Å². The molecule has 310 valence electrons. The summed E-state index contributed by atoms with van der Waals surface area (Å²) in [5.41, 5.74) is 1.01. The topological polar surface area (TPSA) is 152 Å². The van der Waals surface area contributed by atoms with E-state index >= 15 is 0 Å². The Kier molecular flexibility index (Phi) is 17.8. The second-order valence-corrected chi connectivity index (χ2v) is 17.3. The summed E-state index contributed by atoms with van der Waals surface area (Å²) in [5.74, 6) is -3.34. The molecule has 3 fully saturated rings. The van der Waals surface area contributed by atoms with E-state index in [0.29, 0.717) is 19.3 Å². The molecule has 0 saturated carbocycles. The average Bonchev–Trinajstić information content (AvgIpc) is 3.13. The molecular weight excluding hydrogens is 690 g/mol. The Morgan fingerprint density at radius 3 is 2.13 bits per heavy atom. The molecule has 0 bridgehead atoms. The summed E-state index contributed by atoms with van der Waals surface area (Å²) in [6.07, 6.45) is 9.36. The number of ketones is 2. The predicted molar refractivity (Wildman–Crippen MR) is 208 cm³/mol. The summed E-state index contributed by atoms with van der Waals surface area (Å²) < 4.78 is 5.76. The third kappa shape index (κ3) is 12.5. The van der Waals surface area contributed by atoms with Crippen LogP contribution in [0.2, 0.25) is 0 Å². The number of allylic oxidation sites excluding steroid dienone is 3. The van der Waals surface area contributed by atoms with Crippen LogP contribution in [0.3, 0.4) is 0 Å². The Labute approximate surface area is 324 Å². The Bertz CT molecular complexity index is 1230. The van der Waals surface area contributed by atoms with E-state index in [1.165, 1.54) is 37.5 Å². The van der Waals surface area contributed by atoms with Gasteiger partial charge in [0.15, 0.2) is 5.78 Å². The minimum atomic E-state index is -2.36. The number of Topliss-reactive ketones (excluding diaryl/α,β-unsaturated/α-hetero) is 1. The van der Waals surface area contributed by atoms with Gasteiger partial charge in [0.25, 0.3) is 0 Å². The quantitative estimate of drug-likeness (QED) is 0.144. The van der Waals surface area contributed by atoms with Crippen LogP contribution in [0.4, 0.5) is 0 Å². The SMILES string of the molecule is CC[C@@H]1CC(=O)C[C@@H](O)[C@H](C)[C@@H](OO[C@@H]2O[C@H](C)C(O)(O)[C@H](N(C)C)[C@H]2O)[C@@H](CCN2CCCCC2)C[C@@H](C)C(=O)/C=C\C(C)=C/[C@@H]1CN1CCCCC1. The number of likely N-dealkylation sites (tertiary alicyclic amines) is 2. The Morgan fingerprint density at radius 1 is 0.889 bits per heavy atom. The van der Waals surface area contributed by atoms with Gasteiger partial charge in [-0.1, -0.05) is 57.8 Å². The molecule has 0 spiro atoms. The first-order valence-electron chi connectivity index (χ1n) is 20.9. The summed E-state index contributed by atoms with van der Waals surface area (Å²) in [7, 11) is 3.25. The highest BCUT2D eigenvalue weighted by molar-refractivity contribution is 5.91. The maximum absolute atomic E-state index is 13.8. The molecule has 0 aromatic rings. The van der Waals surface area contributed by atoms with E-state index in [2.05, 4.69) is 22.8 Å². The number of piperidine rings is 2. The van der Waals surface area contributed by atoms with Gasteiger partial charge in [0, 0.05) is 31.2 Å². The molecule has 0 radical (unpaired) electrons. The molecule has 3 aliphatic heterocycles. The molecule has 11 atom stereocenters. The molecular formula is C42H73N3O9. The van der Waals surface area contributed by atoms with Gasteiger partial charge in [-0.3, -0.25) is 14.5 Å². The van der Waals surface area contributed by atoms with Gasteiger partial charge in [0.05, 0.1) is 12.1 Å². The van der Waals surface area contributed by atoms with Crippen LogP contribution in [0.1, 0.15) is 105 Å². The highest BCUT2D eigenvalue weighted by Crippen LogP contribution is 2.35. The van der Waals surface area contributed by atoms with E-state index in [4.69, 9.17) is 14.5 Å². The van der Waals surface area contributed by atoms with Crippen molar-refractivity contribution >= 4 is 11.6 Å². The summed E-state index contributed by atoms with van der Waals surface area (Å²) in [6.45, 7) is 15.2. The lowest BCUT2D eigenvalue weighted by molar-refractivity contribution is -0.463. The van der Waals surface area contributed by atoms with E-state index in [0.717, 1.165) is 64.1 Å². The fraction of sp³-hybridized carbons (Fsp3) is 0.857.